The van der Waals surface area contributed by atoms with Gasteiger partial charge in [-0.05, 0) is 12.1 Å². The first kappa shape index (κ1) is 13.1. The standard InChI is InChI=1S/C16H15N5/c1-21-11-19-20-16(21)8-9-18-15-7-6-12(10-17)13-4-2-3-5-14(13)15/h2-7,11,18H,8-9H2,1H3. The molecule has 0 saturated heterocycles. The zero-order valence-electron chi connectivity index (χ0n) is 11.7. The first-order valence-corrected chi connectivity index (χ1v) is 6.78. The Kier molecular flexibility index (Phi) is 3.52. The van der Waals surface area contributed by atoms with Crippen LogP contribution in [0.3, 0.4) is 0 Å². The number of hydrogen-bond acceptors (Lipinski definition) is 4. The quantitative estimate of drug-likeness (QED) is 0.795. The van der Waals surface area contributed by atoms with Gasteiger partial charge in [-0.15, -0.1) is 10.2 Å². The topological polar surface area (TPSA) is 66.5 Å². The zero-order valence-corrected chi connectivity index (χ0v) is 11.7. The summed E-state index contributed by atoms with van der Waals surface area (Å²) in [5.74, 6) is 0.945. The zero-order chi connectivity index (χ0) is 14.7. The van der Waals surface area contributed by atoms with Crippen molar-refractivity contribution in [2.75, 3.05) is 11.9 Å². The molecule has 1 heterocycles. The Hall–Kier alpha value is -2.87. The Morgan fingerprint density at radius 3 is 2.71 bits per heavy atom. The van der Waals surface area contributed by atoms with Gasteiger partial charge < -0.3 is 9.88 Å². The Morgan fingerprint density at radius 1 is 1.19 bits per heavy atom. The van der Waals surface area contributed by atoms with Gasteiger partial charge >= 0.3 is 0 Å². The maximum Gasteiger partial charge on any atom is 0.134 e. The molecule has 3 aromatic rings. The van der Waals surface area contributed by atoms with Crippen molar-refractivity contribution < 1.29 is 0 Å². The summed E-state index contributed by atoms with van der Waals surface area (Å²) in [5, 5.41) is 22.6. The minimum absolute atomic E-state index is 0.699. The lowest BCUT2D eigenvalue weighted by Gasteiger charge is -2.10. The van der Waals surface area contributed by atoms with Crippen LogP contribution in [0.1, 0.15) is 11.4 Å². The highest BCUT2D eigenvalue weighted by Gasteiger charge is 2.05. The molecule has 1 N–H and O–H groups in total. The van der Waals surface area contributed by atoms with Gasteiger partial charge in [-0.1, -0.05) is 24.3 Å². The number of aromatic nitrogens is 3. The maximum atomic E-state index is 9.17. The van der Waals surface area contributed by atoms with Crippen LogP contribution in [0, 0.1) is 11.3 Å². The summed E-state index contributed by atoms with van der Waals surface area (Å²) < 4.78 is 1.92. The largest absolute Gasteiger partial charge is 0.384 e. The van der Waals surface area contributed by atoms with Crippen LogP contribution in [0.25, 0.3) is 10.8 Å². The number of hydrogen-bond donors (Lipinski definition) is 1. The lowest BCUT2D eigenvalue weighted by Crippen LogP contribution is -2.09. The van der Waals surface area contributed by atoms with Crippen LogP contribution in [0.15, 0.2) is 42.7 Å². The summed E-state index contributed by atoms with van der Waals surface area (Å²) in [4.78, 5) is 0. The van der Waals surface area contributed by atoms with Crippen molar-refractivity contribution in [3.05, 3.63) is 54.1 Å². The van der Waals surface area contributed by atoms with E-state index in [0.717, 1.165) is 35.2 Å². The molecule has 1 aromatic heterocycles. The van der Waals surface area contributed by atoms with Crippen LogP contribution in [0.5, 0.6) is 0 Å². The predicted molar refractivity (Wildman–Crippen MR) is 81.9 cm³/mol. The molecule has 104 valence electrons. The van der Waals surface area contributed by atoms with E-state index < -0.39 is 0 Å². The second-order valence-corrected chi connectivity index (χ2v) is 4.85. The van der Waals surface area contributed by atoms with Crippen molar-refractivity contribution in [1.29, 1.82) is 5.26 Å². The maximum absolute atomic E-state index is 9.17. The van der Waals surface area contributed by atoms with Crippen molar-refractivity contribution >= 4 is 16.5 Å². The number of aryl methyl sites for hydroxylation is 1. The van der Waals surface area contributed by atoms with Gasteiger partial charge in [-0.2, -0.15) is 5.26 Å². The molecular formula is C16H15N5. The summed E-state index contributed by atoms with van der Waals surface area (Å²) in [6.45, 7) is 0.766. The molecule has 5 nitrogen and oxygen atoms in total. The predicted octanol–water partition coefficient (Wildman–Crippen LogP) is 2.49. The van der Waals surface area contributed by atoms with Crippen LogP contribution in [0.4, 0.5) is 5.69 Å². The van der Waals surface area contributed by atoms with Crippen LogP contribution < -0.4 is 5.32 Å². The normalized spacial score (nSPS) is 10.5. The molecule has 0 saturated carbocycles. The fourth-order valence-electron chi connectivity index (χ4n) is 2.39. The average molecular weight is 277 g/mol. The highest BCUT2D eigenvalue weighted by atomic mass is 15.2. The SMILES string of the molecule is Cn1cnnc1CCNc1ccc(C#N)c2ccccc12. The average Bonchev–Trinajstić information content (AvgIpc) is 2.93. The molecule has 0 fully saturated rings. The van der Waals surface area contributed by atoms with E-state index in [1.807, 2.05) is 48.0 Å². The van der Waals surface area contributed by atoms with Crippen molar-refractivity contribution in [2.45, 2.75) is 6.42 Å². The summed E-state index contributed by atoms with van der Waals surface area (Å²) in [7, 11) is 1.94. The molecule has 0 bridgehead atoms. The van der Waals surface area contributed by atoms with Crippen molar-refractivity contribution in [3.8, 4) is 6.07 Å². The van der Waals surface area contributed by atoms with Crippen molar-refractivity contribution in [2.24, 2.45) is 7.05 Å². The van der Waals surface area contributed by atoms with E-state index in [-0.39, 0.29) is 0 Å². The number of fused-ring (bicyclic) bond motifs is 1. The number of anilines is 1. The number of rotatable bonds is 4. The molecule has 0 aliphatic carbocycles. The number of nitriles is 1. The van der Waals surface area contributed by atoms with Crippen molar-refractivity contribution in [1.82, 2.24) is 14.8 Å². The van der Waals surface area contributed by atoms with E-state index in [1.165, 1.54) is 0 Å². The van der Waals surface area contributed by atoms with Gasteiger partial charge in [0.1, 0.15) is 12.2 Å². The Bertz CT molecular complexity index is 813. The molecule has 0 aliphatic rings. The lowest BCUT2D eigenvalue weighted by molar-refractivity contribution is 0.789. The summed E-state index contributed by atoms with van der Waals surface area (Å²) >= 11 is 0. The lowest BCUT2D eigenvalue weighted by atomic mass is 10.0. The van der Waals surface area contributed by atoms with Gasteiger partial charge in [0.25, 0.3) is 0 Å². The van der Waals surface area contributed by atoms with Gasteiger partial charge in [0, 0.05) is 36.5 Å². The Morgan fingerprint density at radius 2 is 2.00 bits per heavy atom. The van der Waals surface area contributed by atoms with Crippen LogP contribution >= 0.6 is 0 Å². The van der Waals surface area contributed by atoms with Crippen LogP contribution in [-0.2, 0) is 13.5 Å². The van der Waals surface area contributed by atoms with E-state index in [9.17, 15) is 0 Å². The molecular weight excluding hydrogens is 262 g/mol. The van der Waals surface area contributed by atoms with E-state index in [1.54, 1.807) is 6.33 Å². The third-order valence-electron chi connectivity index (χ3n) is 3.51. The molecule has 0 radical (unpaired) electrons. The molecule has 2 aromatic carbocycles. The highest BCUT2D eigenvalue weighted by molar-refractivity contribution is 5.97. The monoisotopic (exact) mass is 277 g/mol. The third kappa shape index (κ3) is 2.56. The smallest absolute Gasteiger partial charge is 0.134 e. The van der Waals surface area contributed by atoms with Crippen molar-refractivity contribution in [3.63, 3.8) is 0 Å². The summed E-state index contributed by atoms with van der Waals surface area (Å²) in [6, 6.07) is 14.0. The van der Waals surface area contributed by atoms with Crippen LogP contribution in [0.2, 0.25) is 0 Å². The van der Waals surface area contributed by atoms with E-state index in [0.29, 0.717) is 5.56 Å². The van der Waals surface area contributed by atoms with Crippen LogP contribution in [-0.4, -0.2) is 21.3 Å². The molecule has 3 rings (SSSR count). The summed E-state index contributed by atoms with van der Waals surface area (Å²) in [5.41, 5.74) is 1.73. The Labute approximate surface area is 122 Å². The van der Waals surface area contributed by atoms with Gasteiger partial charge in [0.2, 0.25) is 0 Å². The number of benzene rings is 2. The molecule has 0 amide bonds. The molecule has 21 heavy (non-hydrogen) atoms. The first-order chi connectivity index (χ1) is 10.3. The Balaban J connectivity index is 1.82. The van der Waals surface area contributed by atoms with E-state index in [2.05, 4.69) is 21.6 Å². The fourth-order valence-corrected chi connectivity index (χ4v) is 2.39. The van der Waals surface area contributed by atoms with E-state index in [4.69, 9.17) is 5.26 Å². The molecule has 0 aliphatic heterocycles. The van der Waals surface area contributed by atoms with Gasteiger partial charge in [0.05, 0.1) is 11.6 Å². The minimum atomic E-state index is 0.699. The second-order valence-electron chi connectivity index (χ2n) is 4.85. The molecule has 0 atom stereocenters. The number of nitrogens with one attached hydrogen (secondary N) is 1. The van der Waals surface area contributed by atoms with Gasteiger partial charge in [0.15, 0.2) is 0 Å². The fraction of sp³-hybridized carbons (Fsp3) is 0.188. The molecule has 0 unspecified atom stereocenters. The third-order valence-corrected chi connectivity index (χ3v) is 3.51. The summed E-state index contributed by atoms with van der Waals surface area (Å²) in [6.07, 6.45) is 2.50. The van der Waals surface area contributed by atoms with E-state index >= 15 is 0 Å². The van der Waals surface area contributed by atoms with Gasteiger partial charge in [-0.25, -0.2) is 0 Å². The highest BCUT2D eigenvalue weighted by Crippen LogP contribution is 2.26. The first-order valence-electron chi connectivity index (χ1n) is 6.78. The number of nitrogens with zero attached hydrogens (tertiary/aromatic N) is 4. The molecule has 0 spiro atoms. The second kappa shape index (κ2) is 5.63. The molecule has 5 heteroatoms. The minimum Gasteiger partial charge on any atom is -0.384 e. The van der Waals surface area contributed by atoms with Gasteiger partial charge in [-0.3, -0.25) is 0 Å².